The van der Waals surface area contributed by atoms with Gasteiger partial charge in [0.2, 0.25) is 5.89 Å². The summed E-state index contributed by atoms with van der Waals surface area (Å²) in [7, 11) is 0. The van der Waals surface area contributed by atoms with E-state index in [9.17, 15) is 0 Å². The van der Waals surface area contributed by atoms with Crippen LogP contribution in [0.5, 0.6) is 0 Å². The van der Waals surface area contributed by atoms with Gasteiger partial charge in [-0.2, -0.15) is 4.98 Å². The van der Waals surface area contributed by atoms with E-state index in [1.54, 1.807) is 0 Å². The Hall–Kier alpha value is -0.550. The fraction of sp³-hybridized carbons (Fsp3) is 0.846. The minimum atomic E-state index is 0.00982. The van der Waals surface area contributed by atoms with Crippen molar-refractivity contribution in [1.29, 1.82) is 0 Å². The molecule has 1 saturated heterocycles. The first-order valence-electron chi connectivity index (χ1n) is 6.57. The van der Waals surface area contributed by atoms with Crippen LogP contribution in [-0.2, 0) is 11.2 Å². The van der Waals surface area contributed by atoms with Crippen LogP contribution in [0.2, 0.25) is 0 Å². The van der Waals surface area contributed by atoms with Crippen molar-refractivity contribution in [3.05, 3.63) is 11.7 Å². The summed E-state index contributed by atoms with van der Waals surface area (Å²) < 4.78 is 5.69. The van der Waals surface area contributed by atoms with Gasteiger partial charge in [0.25, 0.3) is 0 Å². The normalized spacial score (nSPS) is 25.3. The molecule has 0 saturated carbocycles. The Balaban J connectivity index is 2.01. The molecular weight excluding hydrogens is 246 g/mol. The van der Waals surface area contributed by atoms with Gasteiger partial charge >= 0.3 is 0 Å². The highest BCUT2D eigenvalue weighted by Crippen LogP contribution is 2.31. The van der Waals surface area contributed by atoms with Gasteiger partial charge in [-0.3, -0.25) is 0 Å². The van der Waals surface area contributed by atoms with Crippen molar-refractivity contribution in [3.8, 4) is 0 Å². The smallest absolute Gasteiger partial charge is 0.233 e. The number of piperidine rings is 1. The van der Waals surface area contributed by atoms with Crippen LogP contribution in [0.1, 0.15) is 52.3 Å². The Bertz CT molecular complexity index is 391. The van der Waals surface area contributed by atoms with Crippen molar-refractivity contribution in [1.82, 2.24) is 15.5 Å². The van der Waals surface area contributed by atoms with Crippen molar-refractivity contribution < 1.29 is 4.52 Å². The highest BCUT2D eigenvalue weighted by atomic mass is 32.2. The Kier molecular flexibility index (Phi) is 4.02. The van der Waals surface area contributed by atoms with Crippen molar-refractivity contribution in [3.63, 3.8) is 0 Å². The zero-order valence-corrected chi connectivity index (χ0v) is 12.6. The van der Waals surface area contributed by atoms with Crippen LogP contribution < -0.4 is 5.32 Å². The van der Waals surface area contributed by atoms with E-state index in [4.69, 9.17) is 4.52 Å². The first-order valence-corrected chi connectivity index (χ1v) is 7.55. The summed E-state index contributed by atoms with van der Waals surface area (Å²) in [6.45, 7) is 10.8. The lowest BCUT2D eigenvalue weighted by Gasteiger charge is -2.30. The maximum atomic E-state index is 5.46. The fourth-order valence-corrected chi connectivity index (χ4v) is 2.76. The van der Waals surface area contributed by atoms with Gasteiger partial charge in [-0.05, 0) is 26.3 Å². The van der Waals surface area contributed by atoms with Gasteiger partial charge in [-0.25, -0.2) is 0 Å². The zero-order chi connectivity index (χ0) is 13.2. The first-order chi connectivity index (χ1) is 8.39. The van der Waals surface area contributed by atoms with E-state index in [1.807, 2.05) is 11.8 Å². The van der Waals surface area contributed by atoms with Gasteiger partial charge in [0, 0.05) is 11.3 Å². The second-order valence-electron chi connectivity index (χ2n) is 6.26. The molecule has 1 aliphatic rings. The highest BCUT2D eigenvalue weighted by molar-refractivity contribution is 7.99. The maximum absolute atomic E-state index is 5.46. The van der Waals surface area contributed by atoms with E-state index in [1.165, 1.54) is 6.42 Å². The molecule has 2 rings (SSSR count). The van der Waals surface area contributed by atoms with E-state index in [0.717, 1.165) is 37.0 Å². The molecule has 5 heteroatoms. The topological polar surface area (TPSA) is 51.0 Å². The third-order valence-electron chi connectivity index (χ3n) is 3.22. The summed E-state index contributed by atoms with van der Waals surface area (Å²) in [6.07, 6.45) is 2.29. The molecule has 0 radical (unpaired) electrons. The van der Waals surface area contributed by atoms with Crippen LogP contribution >= 0.6 is 11.8 Å². The summed E-state index contributed by atoms with van der Waals surface area (Å²) in [5, 5.41) is 7.51. The van der Waals surface area contributed by atoms with Gasteiger partial charge in [0.15, 0.2) is 5.82 Å². The summed E-state index contributed by atoms with van der Waals surface area (Å²) in [4.78, 5) is 4.57. The molecule has 0 aromatic carbocycles. The van der Waals surface area contributed by atoms with E-state index < -0.39 is 0 Å². The lowest BCUT2D eigenvalue weighted by molar-refractivity contribution is 0.245. The van der Waals surface area contributed by atoms with Crippen LogP contribution in [0.25, 0.3) is 0 Å². The van der Waals surface area contributed by atoms with E-state index >= 15 is 0 Å². The maximum Gasteiger partial charge on any atom is 0.233 e. The number of nitrogens with zero attached hydrogens (tertiary/aromatic N) is 2. The fourth-order valence-electron chi connectivity index (χ4n) is 2.08. The van der Waals surface area contributed by atoms with E-state index in [0.29, 0.717) is 0 Å². The second kappa shape index (κ2) is 5.21. The number of hydrogen-bond donors (Lipinski definition) is 1. The van der Waals surface area contributed by atoms with E-state index in [2.05, 4.69) is 43.2 Å². The van der Waals surface area contributed by atoms with Crippen LogP contribution in [0.15, 0.2) is 4.52 Å². The third-order valence-corrected chi connectivity index (χ3v) is 4.48. The molecule has 0 bridgehead atoms. The van der Waals surface area contributed by atoms with Crippen molar-refractivity contribution in [2.45, 2.75) is 56.5 Å². The molecule has 1 aromatic heterocycles. The van der Waals surface area contributed by atoms with Crippen LogP contribution in [0.4, 0.5) is 0 Å². The largest absolute Gasteiger partial charge is 0.339 e. The quantitative estimate of drug-likeness (QED) is 0.914. The number of thioether (sulfide) groups is 1. The SMILES string of the molecule is CC(C)(C)SCc1noc(C2(C)CCCNC2)n1. The molecule has 1 aliphatic heterocycles. The monoisotopic (exact) mass is 269 g/mol. The summed E-state index contributed by atoms with van der Waals surface area (Å²) in [6, 6.07) is 0. The number of rotatable bonds is 3. The molecule has 1 fully saturated rings. The molecule has 0 spiro atoms. The Labute approximate surface area is 113 Å². The first kappa shape index (κ1) is 13.9. The van der Waals surface area contributed by atoms with Crippen LogP contribution in [0.3, 0.4) is 0 Å². The standard InChI is InChI=1S/C13H23N3OS/c1-12(2,3)18-8-10-15-11(17-16-10)13(4)6-5-7-14-9-13/h14H,5-9H2,1-4H3. The number of hydrogen-bond acceptors (Lipinski definition) is 5. The minimum Gasteiger partial charge on any atom is -0.339 e. The van der Waals surface area contributed by atoms with Crippen LogP contribution in [-0.4, -0.2) is 28.0 Å². The average Bonchev–Trinajstić information content (AvgIpc) is 2.76. The van der Waals surface area contributed by atoms with Crippen molar-refractivity contribution in [2.24, 2.45) is 0 Å². The minimum absolute atomic E-state index is 0.00982. The van der Waals surface area contributed by atoms with Crippen molar-refractivity contribution in [2.75, 3.05) is 13.1 Å². The molecule has 0 amide bonds. The molecule has 2 heterocycles. The van der Waals surface area contributed by atoms with Gasteiger partial charge in [-0.15, -0.1) is 11.8 Å². The van der Waals surface area contributed by atoms with E-state index in [-0.39, 0.29) is 10.2 Å². The summed E-state index contributed by atoms with van der Waals surface area (Å²) in [5.41, 5.74) is 0.00982. The number of nitrogens with one attached hydrogen (secondary N) is 1. The molecule has 102 valence electrons. The highest BCUT2D eigenvalue weighted by Gasteiger charge is 2.34. The zero-order valence-electron chi connectivity index (χ0n) is 11.7. The van der Waals surface area contributed by atoms with Gasteiger partial charge in [0.05, 0.1) is 11.2 Å². The Morgan fingerprint density at radius 3 is 2.83 bits per heavy atom. The molecule has 1 aromatic rings. The van der Waals surface area contributed by atoms with Crippen LogP contribution in [0, 0.1) is 0 Å². The predicted molar refractivity (Wildman–Crippen MR) is 74.8 cm³/mol. The summed E-state index contributed by atoms with van der Waals surface area (Å²) >= 11 is 1.84. The lowest BCUT2D eigenvalue weighted by atomic mass is 9.83. The summed E-state index contributed by atoms with van der Waals surface area (Å²) in [5.74, 6) is 2.42. The molecule has 1 atom stereocenters. The molecule has 0 aliphatic carbocycles. The van der Waals surface area contributed by atoms with Gasteiger partial charge in [0.1, 0.15) is 0 Å². The van der Waals surface area contributed by atoms with Gasteiger partial charge < -0.3 is 9.84 Å². The van der Waals surface area contributed by atoms with Crippen molar-refractivity contribution >= 4 is 11.8 Å². The molecule has 1 N–H and O–H groups in total. The number of aromatic nitrogens is 2. The second-order valence-corrected chi connectivity index (χ2v) is 8.06. The molecule has 4 nitrogen and oxygen atoms in total. The Morgan fingerprint density at radius 2 is 2.22 bits per heavy atom. The third kappa shape index (κ3) is 3.48. The Morgan fingerprint density at radius 1 is 1.44 bits per heavy atom. The molecular formula is C13H23N3OS. The lowest BCUT2D eigenvalue weighted by Crippen LogP contribution is -2.41. The average molecular weight is 269 g/mol. The predicted octanol–water partition coefficient (Wildman–Crippen LogP) is 2.74. The molecule has 18 heavy (non-hydrogen) atoms. The van der Waals surface area contributed by atoms with Gasteiger partial charge in [-0.1, -0.05) is 25.9 Å². The molecule has 1 unspecified atom stereocenters.